The topological polar surface area (TPSA) is 249 Å². The first-order valence-electron chi connectivity index (χ1n) is 10.2. The number of halogens is 1. The molecule has 0 bridgehead atoms. The highest BCUT2D eigenvalue weighted by Crippen LogP contribution is 2.22. The number of rotatable bonds is 16. The molecule has 0 saturated carbocycles. The first kappa shape index (κ1) is 31.4. The Morgan fingerprint density at radius 1 is 1.16 bits per heavy atom. The second kappa shape index (κ2) is 16.2. The Labute approximate surface area is 214 Å². The number of aromatic nitrogens is 2. The number of nitrogens with one attached hydrogen (secondary N) is 3. The number of hydrogen-bond acceptors (Lipinski definition) is 12. The van der Waals surface area contributed by atoms with Crippen LogP contribution in [0.5, 0.6) is 0 Å². The molecule has 0 radical (unpaired) electrons. The average molecular weight is 570 g/mol. The van der Waals surface area contributed by atoms with Crippen LogP contribution >= 0.6 is 21.6 Å². The summed E-state index contributed by atoms with van der Waals surface area (Å²) in [5, 5.41) is 22.0. The second-order valence-electron chi connectivity index (χ2n) is 6.90. The molecule has 1 aromatic rings. The van der Waals surface area contributed by atoms with E-state index in [9.17, 15) is 38.0 Å². The van der Waals surface area contributed by atoms with Crippen molar-refractivity contribution >= 4 is 51.5 Å². The maximum Gasteiger partial charge on any atom is 0.510 e. The quantitative estimate of drug-likeness (QED) is 0.0719. The summed E-state index contributed by atoms with van der Waals surface area (Å²) in [5.74, 6) is -5.10. The molecule has 0 aliphatic rings. The number of nitrogens with zero attached hydrogens (tertiary/aromatic N) is 1. The lowest BCUT2D eigenvalue weighted by molar-refractivity contribution is -0.139. The molecular formula is C18H24FN5O11S2. The third kappa shape index (κ3) is 12.8. The van der Waals surface area contributed by atoms with Crippen LogP contribution in [-0.4, -0.2) is 86.4 Å². The van der Waals surface area contributed by atoms with E-state index in [1.165, 1.54) is 0 Å². The van der Waals surface area contributed by atoms with Gasteiger partial charge in [-0.25, -0.2) is 9.59 Å². The number of carbonyl (C=O) groups is 5. The monoisotopic (exact) mass is 569 g/mol. The van der Waals surface area contributed by atoms with Crippen molar-refractivity contribution in [1.82, 2.24) is 20.2 Å². The maximum atomic E-state index is 13.2. The van der Waals surface area contributed by atoms with Crippen LogP contribution in [0.25, 0.3) is 0 Å². The minimum absolute atomic E-state index is 0.0159. The molecule has 1 heterocycles. The van der Waals surface area contributed by atoms with E-state index < -0.39 is 72.3 Å². The van der Waals surface area contributed by atoms with E-state index in [0.29, 0.717) is 10.8 Å². The van der Waals surface area contributed by atoms with Crippen molar-refractivity contribution in [1.29, 1.82) is 0 Å². The molecule has 206 valence electrons. The number of hydrogen-bond donors (Lipinski definition) is 6. The maximum absolute atomic E-state index is 13.2. The van der Waals surface area contributed by atoms with Gasteiger partial charge >= 0.3 is 23.8 Å². The number of aliphatic carboxylic acids is 2. The second-order valence-corrected chi connectivity index (χ2v) is 9.53. The van der Waals surface area contributed by atoms with Crippen molar-refractivity contribution < 1.29 is 48.0 Å². The van der Waals surface area contributed by atoms with E-state index in [4.69, 9.17) is 20.7 Å². The van der Waals surface area contributed by atoms with Crippen LogP contribution in [0, 0.1) is 5.82 Å². The number of carboxylic acid groups (broad SMARTS) is 2. The molecule has 0 aliphatic heterocycles. The fourth-order valence-corrected chi connectivity index (χ4v) is 4.21. The Morgan fingerprint density at radius 2 is 1.86 bits per heavy atom. The Balaban J connectivity index is 2.42. The Morgan fingerprint density at radius 3 is 2.51 bits per heavy atom. The summed E-state index contributed by atoms with van der Waals surface area (Å²) in [6.45, 7) is -1.56. The molecule has 2 atom stereocenters. The minimum Gasteiger partial charge on any atom is -0.480 e. The lowest BCUT2D eigenvalue weighted by atomic mass is 10.1. The molecule has 0 spiro atoms. The van der Waals surface area contributed by atoms with Crippen molar-refractivity contribution in [2.24, 2.45) is 5.73 Å². The SMILES string of the molecule is NC(CCC(=O)NC(CSSCCOC(=O)OCn1cc(F)c(=O)[nH]c1=O)C(=O)NCC(=O)O)C(=O)O. The lowest BCUT2D eigenvalue weighted by Gasteiger charge is -2.18. The fourth-order valence-electron chi connectivity index (χ4n) is 2.22. The first-order chi connectivity index (χ1) is 17.4. The minimum atomic E-state index is -1.30. The molecular weight excluding hydrogens is 545 g/mol. The van der Waals surface area contributed by atoms with Gasteiger partial charge in [-0.1, -0.05) is 21.6 Å². The van der Waals surface area contributed by atoms with Gasteiger partial charge in [0, 0.05) is 17.9 Å². The zero-order chi connectivity index (χ0) is 28.0. The fraction of sp³-hybridized carbons (Fsp3) is 0.500. The van der Waals surface area contributed by atoms with E-state index in [1.807, 2.05) is 0 Å². The van der Waals surface area contributed by atoms with Gasteiger partial charge in [-0.3, -0.25) is 33.5 Å². The van der Waals surface area contributed by atoms with Gasteiger partial charge < -0.3 is 36.1 Å². The van der Waals surface area contributed by atoms with E-state index in [1.54, 1.807) is 4.98 Å². The Bertz CT molecular complexity index is 1100. The predicted octanol–water partition coefficient (Wildman–Crippen LogP) is -1.95. The van der Waals surface area contributed by atoms with Crippen molar-refractivity contribution in [3.63, 3.8) is 0 Å². The number of amides is 2. The van der Waals surface area contributed by atoms with Crippen molar-refractivity contribution in [3.8, 4) is 0 Å². The van der Waals surface area contributed by atoms with E-state index in [-0.39, 0.29) is 31.0 Å². The normalized spacial score (nSPS) is 12.2. The summed E-state index contributed by atoms with van der Waals surface area (Å²) >= 11 is 0. The molecule has 0 aromatic carbocycles. The molecule has 1 rings (SSSR count). The highest BCUT2D eigenvalue weighted by Gasteiger charge is 2.22. The lowest BCUT2D eigenvalue weighted by Crippen LogP contribution is -2.49. The first-order valence-corrected chi connectivity index (χ1v) is 12.7. The number of nitrogens with two attached hydrogens (primary N) is 1. The van der Waals surface area contributed by atoms with Crippen LogP contribution in [-0.2, 0) is 35.4 Å². The summed E-state index contributed by atoms with van der Waals surface area (Å²) in [6, 6.07) is -2.41. The Kier molecular flexibility index (Phi) is 13.8. The molecule has 0 aliphatic carbocycles. The highest BCUT2D eigenvalue weighted by molar-refractivity contribution is 8.76. The average Bonchev–Trinajstić information content (AvgIpc) is 2.83. The van der Waals surface area contributed by atoms with Crippen LogP contribution in [0.1, 0.15) is 12.8 Å². The summed E-state index contributed by atoms with van der Waals surface area (Å²) < 4.78 is 23.2. The van der Waals surface area contributed by atoms with Gasteiger partial charge in [-0.05, 0) is 6.42 Å². The van der Waals surface area contributed by atoms with Gasteiger partial charge in [-0.15, -0.1) is 0 Å². The smallest absolute Gasteiger partial charge is 0.480 e. The molecule has 19 heteroatoms. The number of carbonyl (C=O) groups excluding carboxylic acids is 3. The number of ether oxygens (including phenoxy) is 2. The van der Waals surface area contributed by atoms with Crippen LogP contribution in [0.3, 0.4) is 0 Å². The summed E-state index contributed by atoms with van der Waals surface area (Å²) in [7, 11) is 2.21. The zero-order valence-electron chi connectivity index (χ0n) is 19.0. The highest BCUT2D eigenvalue weighted by atomic mass is 33.1. The van der Waals surface area contributed by atoms with Crippen molar-refractivity contribution in [3.05, 3.63) is 32.9 Å². The van der Waals surface area contributed by atoms with Gasteiger partial charge in [0.1, 0.15) is 25.2 Å². The third-order valence-electron chi connectivity index (χ3n) is 4.06. The van der Waals surface area contributed by atoms with E-state index >= 15 is 0 Å². The van der Waals surface area contributed by atoms with Gasteiger partial charge in [0.05, 0.1) is 6.20 Å². The van der Waals surface area contributed by atoms with Gasteiger partial charge in [-0.2, -0.15) is 4.39 Å². The van der Waals surface area contributed by atoms with Crippen LogP contribution < -0.4 is 27.6 Å². The van der Waals surface area contributed by atoms with Crippen LogP contribution in [0.4, 0.5) is 9.18 Å². The summed E-state index contributed by atoms with van der Waals surface area (Å²) in [5.41, 5.74) is 3.12. The molecule has 1 aromatic heterocycles. The van der Waals surface area contributed by atoms with Crippen LogP contribution in [0.2, 0.25) is 0 Å². The predicted molar refractivity (Wildman–Crippen MR) is 126 cm³/mol. The van der Waals surface area contributed by atoms with E-state index in [2.05, 4.69) is 15.4 Å². The van der Waals surface area contributed by atoms with Crippen LogP contribution in [0.15, 0.2) is 15.8 Å². The van der Waals surface area contributed by atoms with Gasteiger partial charge in [0.2, 0.25) is 17.6 Å². The van der Waals surface area contributed by atoms with Gasteiger partial charge in [0.25, 0.3) is 5.56 Å². The molecule has 0 fully saturated rings. The Hall–Kier alpha value is -3.58. The largest absolute Gasteiger partial charge is 0.510 e. The molecule has 2 amide bonds. The molecule has 7 N–H and O–H groups in total. The molecule has 2 unspecified atom stereocenters. The van der Waals surface area contributed by atoms with Gasteiger partial charge in [0.15, 0.2) is 6.73 Å². The number of H-pyrrole nitrogens is 1. The standard InChI is InChI=1S/C18H24FN5O11S2/c19-9-6-24(17(32)23-14(9)28)8-35-18(33)34-3-4-36-37-7-11(15(29)21-5-13(26)27)22-12(25)2-1-10(20)16(30)31/h6,10-11H,1-5,7-8,20H2,(H,21,29)(H,22,25)(H,26,27)(H,30,31)(H,23,28,32). The third-order valence-corrected chi connectivity index (χ3v) is 6.44. The summed E-state index contributed by atoms with van der Waals surface area (Å²) in [4.78, 5) is 81.3. The van der Waals surface area contributed by atoms with Crippen molar-refractivity contribution in [2.75, 3.05) is 24.7 Å². The molecule has 37 heavy (non-hydrogen) atoms. The van der Waals surface area contributed by atoms with Crippen molar-refractivity contribution in [2.45, 2.75) is 31.7 Å². The molecule has 0 saturated heterocycles. The number of aromatic amines is 1. The van der Waals surface area contributed by atoms with E-state index in [0.717, 1.165) is 21.6 Å². The molecule has 16 nitrogen and oxygen atoms in total. The zero-order valence-corrected chi connectivity index (χ0v) is 20.6. The summed E-state index contributed by atoms with van der Waals surface area (Å²) in [6.07, 6.45) is -1.07. The number of carboxylic acids is 2.